The Hall–Kier alpha value is -3.12. The first-order valence-electron chi connectivity index (χ1n) is 10.7. The van der Waals surface area contributed by atoms with Crippen molar-refractivity contribution in [2.45, 2.75) is 41.5 Å². The van der Waals surface area contributed by atoms with E-state index in [0.717, 1.165) is 0 Å². The molecule has 6 bridgehead atoms. The standard InChI is InChI=1S/C30H30/c1-19-13-20(2)26-9-10-28-18-30(24(6)15-23(28)5)12-11-29-17-27(8-7-25(19)16-26)21(3)14-22(29)4/h7-18H,1-6H3/b8-7-,10-9-,12-11+. The van der Waals surface area contributed by atoms with Crippen molar-refractivity contribution in [2.75, 3.05) is 0 Å². The van der Waals surface area contributed by atoms with Crippen molar-refractivity contribution in [3.05, 3.63) is 103 Å². The van der Waals surface area contributed by atoms with Gasteiger partial charge in [0.2, 0.25) is 0 Å². The van der Waals surface area contributed by atoms with E-state index >= 15 is 0 Å². The third-order valence-corrected chi connectivity index (χ3v) is 6.29. The summed E-state index contributed by atoms with van der Waals surface area (Å²) in [6.45, 7) is 13.2. The first-order chi connectivity index (χ1) is 14.3. The van der Waals surface area contributed by atoms with Crippen LogP contribution < -0.4 is 0 Å². The second-order valence-electron chi connectivity index (χ2n) is 8.70. The molecular weight excluding hydrogens is 360 g/mol. The third kappa shape index (κ3) is 3.96. The molecule has 0 fully saturated rings. The Morgan fingerprint density at radius 2 is 0.433 bits per heavy atom. The highest BCUT2D eigenvalue weighted by Crippen LogP contribution is 2.26. The van der Waals surface area contributed by atoms with Crippen LogP contribution in [0.3, 0.4) is 0 Å². The van der Waals surface area contributed by atoms with Crippen molar-refractivity contribution in [1.29, 1.82) is 0 Å². The lowest BCUT2D eigenvalue weighted by atomic mass is 9.96. The van der Waals surface area contributed by atoms with E-state index in [1.54, 1.807) is 0 Å². The van der Waals surface area contributed by atoms with E-state index in [1.807, 2.05) is 0 Å². The van der Waals surface area contributed by atoms with Gasteiger partial charge in [0.25, 0.3) is 0 Å². The maximum atomic E-state index is 2.31. The molecule has 0 saturated carbocycles. The van der Waals surface area contributed by atoms with E-state index < -0.39 is 0 Å². The number of hydrogen-bond acceptors (Lipinski definition) is 0. The Kier molecular flexibility index (Phi) is 5.35. The van der Waals surface area contributed by atoms with E-state index in [4.69, 9.17) is 0 Å². The summed E-state index contributed by atoms with van der Waals surface area (Å²) in [5.74, 6) is 0. The largest absolute Gasteiger partial charge is 0.0552 e. The normalized spacial score (nSPS) is 15.8. The van der Waals surface area contributed by atoms with E-state index in [1.165, 1.54) is 66.8 Å². The predicted molar refractivity (Wildman–Crippen MR) is 135 cm³/mol. The predicted octanol–water partition coefficient (Wildman–Crippen LogP) is 8.36. The van der Waals surface area contributed by atoms with Crippen LogP contribution >= 0.6 is 0 Å². The summed E-state index contributed by atoms with van der Waals surface area (Å²) >= 11 is 0. The number of fused-ring (bicyclic) bond motifs is 6. The molecular formula is C30H30. The van der Waals surface area contributed by atoms with Gasteiger partial charge in [0.05, 0.1) is 0 Å². The van der Waals surface area contributed by atoms with Crippen LogP contribution in [-0.2, 0) is 0 Å². The lowest BCUT2D eigenvalue weighted by molar-refractivity contribution is 1.34. The van der Waals surface area contributed by atoms with Crippen LogP contribution in [0, 0.1) is 41.5 Å². The van der Waals surface area contributed by atoms with E-state index in [0.29, 0.717) is 0 Å². The number of hydrogen-bond donors (Lipinski definition) is 0. The zero-order valence-corrected chi connectivity index (χ0v) is 18.9. The number of aryl methyl sites for hydroxylation is 6. The highest BCUT2D eigenvalue weighted by molar-refractivity contribution is 5.81. The fraction of sp³-hybridized carbons (Fsp3) is 0.200. The van der Waals surface area contributed by atoms with Gasteiger partial charge in [-0.25, -0.2) is 0 Å². The molecule has 0 amide bonds. The fourth-order valence-corrected chi connectivity index (χ4v) is 4.28. The van der Waals surface area contributed by atoms with E-state index in [2.05, 4.69) is 114 Å². The molecule has 1 aliphatic carbocycles. The van der Waals surface area contributed by atoms with Gasteiger partial charge in [0.1, 0.15) is 0 Å². The molecule has 0 saturated heterocycles. The van der Waals surface area contributed by atoms with Gasteiger partial charge in [-0.3, -0.25) is 0 Å². The first-order valence-corrected chi connectivity index (χ1v) is 10.7. The van der Waals surface area contributed by atoms with E-state index in [9.17, 15) is 0 Å². The summed E-state index contributed by atoms with van der Waals surface area (Å²) < 4.78 is 0. The Labute approximate surface area is 181 Å². The second-order valence-corrected chi connectivity index (χ2v) is 8.70. The van der Waals surface area contributed by atoms with Crippen LogP contribution in [-0.4, -0.2) is 0 Å². The molecule has 0 aliphatic heterocycles. The molecule has 4 rings (SSSR count). The van der Waals surface area contributed by atoms with Gasteiger partial charge < -0.3 is 0 Å². The minimum atomic E-state index is 1.27. The van der Waals surface area contributed by atoms with Gasteiger partial charge in [0.15, 0.2) is 0 Å². The molecule has 150 valence electrons. The van der Waals surface area contributed by atoms with Gasteiger partial charge in [-0.1, -0.05) is 54.7 Å². The van der Waals surface area contributed by atoms with Crippen LogP contribution in [0.4, 0.5) is 0 Å². The molecule has 0 atom stereocenters. The fourth-order valence-electron chi connectivity index (χ4n) is 4.28. The summed E-state index contributed by atoms with van der Waals surface area (Å²) in [7, 11) is 0. The molecule has 0 N–H and O–H groups in total. The second kappa shape index (κ2) is 7.95. The van der Waals surface area contributed by atoms with E-state index in [-0.39, 0.29) is 0 Å². The Morgan fingerprint density at radius 3 is 0.600 bits per heavy atom. The molecule has 3 aromatic carbocycles. The van der Waals surface area contributed by atoms with Crippen LogP contribution in [0.25, 0.3) is 36.5 Å². The molecule has 30 heavy (non-hydrogen) atoms. The molecule has 0 aromatic heterocycles. The first kappa shape index (κ1) is 20.2. The minimum absolute atomic E-state index is 1.27. The highest BCUT2D eigenvalue weighted by Gasteiger charge is 2.06. The Balaban J connectivity index is 2.00. The van der Waals surface area contributed by atoms with Gasteiger partial charge in [-0.2, -0.15) is 0 Å². The molecule has 0 unspecified atom stereocenters. The SMILES string of the molecule is Cc1cc(C)c2cc1/C=C\c1cc(c(C)cc1C)/C=C/c1cc(c(C)cc1C)/C=C\2. The van der Waals surface area contributed by atoms with Crippen molar-refractivity contribution in [2.24, 2.45) is 0 Å². The smallest absolute Gasteiger partial charge is 0.0221 e. The third-order valence-electron chi connectivity index (χ3n) is 6.29. The van der Waals surface area contributed by atoms with Crippen molar-refractivity contribution in [1.82, 2.24) is 0 Å². The summed E-state index contributed by atoms with van der Waals surface area (Å²) in [6.07, 6.45) is 13.5. The maximum absolute atomic E-state index is 2.31. The summed E-state index contributed by atoms with van der Waals surface area (Å²) in [5.41, 5.74) is 15.5. The zero-order valence-electron chi connectivity index (χ0n) is 18.9. The summed E-state index contributed by atoms with van der Waals surface area (Å²) in [4.78, 5) is 0. The van der Waals surface area contributed by atoms with Gasteiger partial charge in [-0.15, -0.1) is 0 Å². The van der Waals surface area contributed by atoms with Crippen LogP contribution in [0.1, 0.15) is 66.8 Å². The van der Waals surface area contributed by atoms with Crippen molar-refractivity contribution in [3.63, 3.8) is 0 Å². The minimum Gasteiger partial charge on any atom is -0.0552 e. The molecule has 1 aliphatic rings. The van der Waals surface area contributed by atoms with Crippen molar-refractivity contribution >= 4 is 36.5 Å². The molecule has 0 nitrogen and oxygen atoms in total. The maximum Gasteiger partial charge on any atom is -0.0221 e. The monoisotopic (exact) mass is 390 g/mol. The number of rotatable bonds is 0. The molecule has 0 spiro atoms. The Bertz CT molecular complexity index is 992. The van der Waals surface area contributed by atoms with Gasteiger partial charge in [-0.05, 0) is 127 Å². The van der Waals surface area contributed by atoms with Crippen LogP contribution in [0.5, 0.6) is 0 Å². The molecule has 0 heterocycles. The quantitative estimate of drug-likeness (QED) is 0.283. The average molecular weight is 391 g/mol. The molecule has 0 radical (unpaired) electrons. The zero-order chi connectivity index (χ0) is 21.4. The van der Waals surface area contributed by atoms with Crippen molar-refractivity contribution < 1.29 is 0 Å². The number of benzene rings is 3. The molecule has 3 aromatic rings. The Morgan fingerprint density at radius 1 is 0.267 bits per heavy atom. The summed E-state index contributed by atoms with van der Waals surface area (Å²) in [5, 5.41) is 0. The van der Waals surface area contributed by atoms with Crippen molar-refractivity contribution in [3.8, 4) is 0 Å². The topological polar surface area (TPSA) is 0 Å². The lowest BCUT2D eigenvalue weighted by Crippen LogP contribution is -1.89. The molecule has 0 heteroatoms. The van der Waals surface area contributed by atoms with Gasteiger partial charge >= 0.3 is 0 Å². The van der Waals surface area contributed by atoms with Crippen LogP contribution in [0.2, 0.25) is 0 Å². The average Bonchev–Trinajstić information content (AvgIpc) is 2.68. The highest BCUT2D eigenvalue weighted by atomic mass is 14.1. The van der Waals surface area contributed by atoms with Crippen LogP contribution in [0.15, 0.2) is 36.4 Å². The lowest BCUT2D eigenvalue weighted by Gasteiger charge is -2.09. The van der Waals surface area contributed by atoms with Gasteiger partial charge in [0, 0.05) is 0 Å². The summed E-state index contributed by atoms with van der Waals surface area (Å²) in [6, 6.07) is 13.8.